The number of carboxylic acid groups (broad SMARTS) is 2. The average molecular weight is 258 g/mol. The lowest BCUT2D eigenvalue weighted by Gasteiger charge is -2.17. The number of carbonyl (C=O) groups excluding carboxylic acids is 1. The number of hydrogen-bond acceptors (Lipinski definition) is 3. The zero-order valence-electron chi connectivity index (χ0n) is 11.6. The van der Waals surface area contributed by atoms with Crippen molar-refractivity contribution in [1.29, 1.82) is 0 Å². The van der Waals surface area contributed by atoms with Gasteiger partial charge in [0.1, 0.15) is 5.60 Å². The van der Waals surface area contributed by atoms with E-state index in [1.807, 2.05) is 26.8 Å². The Balaban J connectivity index is 0.000000631. The van der Waals surface area contributed by atoms with Crippen molar-refractivity contribution >= 4 is 12.1 Å². The molecule has 1 aliphatic carbocycles. The van der Waals surface area contributed by atoms with Crippen LogP contribution in [0.25, 0.3) is 0 Å². The van der Waals surface area contributed by atoms with Crippen LogP contribution in [0.1, 0.15) is 41.0 Å². The molecule has 0 bridgehead atoms. The Bertz CT molecular complexity index is 332. The lowest BCUT2D eigenvalue weighted by Crippen LogP contribution is -2.22. The van der Waals surface area contributed by atoms with Gasteiger partial charge in [0.25, 0.3) is 0 Å². The first-order chi connectivity index (χ1) is 7.94. The van der Waals surface area contributed by atoms with Crippen LogP contribution in [0, 0.1) is 11.3 Å². The van der Waals surface area contributed by atoms with Gasteiger partial charge in [-0.15, -0.1) is 0 Å². The van der Waals surface area contributed by atoms with Crippen molar-refractivity contribution in [2.75, 3.05) is 0 Å². The Morgan fingerprint density at radius 1 is 1.28 bits per heavy atom. The van der Waals surface area contributed by atoms with Crippen LogP contribution in [-0.2, 0) is 9.53 Å². The third kappa shape index (κ3) is 8.61. The van der Waals surface area contributed by atoms with Gasteiger partial charge in [0.2, 0.25) is 0 Å². The molecule has 1 aliphatic rings. The molecule has 0 amide bonds. The van der Waals surface area contributed by atoms with Gasteiger partial charge in [0, 0.05) is 6.08 Å². The molecule has 104 valence electrons. The fourth-order valence-corrected chi connectivity index (χ4v) is 1.37. The lowest BCUT2D eigenvalue weighted by atomic mass is 10.1. The molecular weight excluding hydrogens is 236 g/mol. The second kappa shape index (κ2) is 5.89. The van der Waals surface area contributed by atoms with Gasteiger partial charge >= 0.3 is 12.1 Å². The quantitative estimate of drug-likeness (QED) is 0.587. The zero-order chi connectivity index (χ0) is 14.6. The van der Waals surface area contributed by atoms with Gasteiger partial charge in [-0.2, -0.15) is 0 Å². The van der Waals surface area contributed by atoms with Crippen LogP contribution >= 0.6 is 0 Å². The van der Waals surface area contributed by atoms with Gasteiger partial charge < -0.3 is 14.9 Å². The van der Waals surface area contributed by atoms with E-state index in [4.69, 9.17) is 19.7 Å². The fourth-order valence-electron chi connectivity index (χ4n) is 1.37. The molecule has 0 radical (unpaired) electrons. The van der Waals surface area contributed by atoms with Crippen LogP contribution in [-0.4, -0.2) is 27.9 Å². The monoisotopic (exact) mass is 258 g/mol. The normalized spacial score (nSPS) is 20.8. The van der Waals surface area contributed by atoms with Crippen molar-refractivity contribution < 1.29 is 24.5 Å². The summed E-state index contributed by atoms with van der Waals surface area (Å²) in [6.07, 6.45) is 2.87. The molecule has 1 rings (SSSR count). The highest BCUT2D eigenvalue weighted by Crippen LogP contribution is 2.52. The maximum Gasteiger partial charge on any atom is 0.503 e. The van der Waals surface area contributed by atoms with Crippen molar-refractivity contribution in [3.63, 3.8) is 0 Å². The second-order valence-corrected chi connectivity index (χ2v) is 5.97. The Kier molecular flexibility index (Phi) is 5.39. The SMILES string of the molecule is CC(C)(C)OC(=O)C=CC1CC1(C)C.O=C(O)O. The van der Waals surface area contributed by atoms with E-state index in [-0.39, 0.29) is 11.6 Å². The Morgan fingerprint density at radius 2 is 1.67 bits per heavy atom. The Morgan fingerprint density at radius 3 is 1.94 bits per heavy atom. The third-order valence-corrected chi connectivity index (χ3v) is 2.46. The van der Waals surface area contributed by atoms with Crippen LogP contribution in [0.5, 0.6) is 0 Å². The maximum atomic E-state index is 11.3. The van der Waals surface area contributed by atoms with E-state index in [0.717, 1.165) is 0 Å². The van der Waals surface area contributed by atoms with Crippen LogP contribution < -0.4 is 0 Å². The molecule has 18 heavy (non-hydrogen) atoms. The molecule has 5 heteroatoms. The van der Waals surface area contributed by atoms with Gasteiger partial charge in [0.15, 0.2) is 0 Å². The number of esters is 1. The highest BCUT2D eigenvalue weighted by Gasteiger charge is 2.43. The molecule has 0 aliphatic heterocycles. The van der Waals surface area contributed by atoms with Crippen molar-refractivity contribution in [3.8, 4) is 0 Å². The van der Waals surface area contributed by atoms with Crippen molar-refractivity contribution in [2.24, 2.45) is 11.3 Å². The summed E-state index contributed by atoms with van der Waals surface area (Å²) in [5.74, 6) is 0.315. The van der Waals surface area contributed by atoms with Crippen molar-refractivity contribution in [1.82, 2.24) is 0 Å². The summed E-state index contributed by atoms with van der Waals surface area (Å²) in [5, 5.41) is 13.9. The van der Waals surface area contributed by atoms with E-state index >= 15 is 0 Å². The highest BCUT2D eigenvalue weighted by atomic mass is 16.6. The molecule has 1 fully saturated rings. The zero-order valence-corrected chi connectivity index (χ0v) is 11.6. The first kappa shape index (κ1) is 16.5. The molecule has 0 aromatic rings. The van der Waals surface area contributed by atoms with Crippen molar-refractivity contribution in [3.05, 3.63) is 12.2 Å². The summed E-state index contributed by atoms with van der Waals surface area (Å²) in [7, 11) is 0. The van der Waals surface area contributed by atoms with Crippen LogP contribution in [0.15, 0.2) is 12.2 Å². The molecule has 0 spiro atoms. The smallest absolute Gasteiger partial charge is 0.457 e. The first-order valence-electron chi connectivity index (χ1n) is 5.77. The van der Waals surface area contributed by atoms with E-state index in [9.17, 15) is 4.79 Å². The molecule has 2 N–H and O–H groups in total. The summed E-state index contributed by atoms with van der Waals surface area (Å²) in [5.41, 5.74) is -0.000987. The van der Waals surface area contributed by atoms with Gasteiger partial charge in [-0.1, -0.05) is 19.9 Å². The second-order valence-electron chi connectivity index (χ2n) is 5.97. The number of ether oxygens (including phenoxy) is 1. The summed E-state index contributed by atoms with van der Waals surface area (Å²) in [4.78, 5) is 19.8. The molecular formula is C13H22O5. The number of hydrogen-bond donors (Lipinski definition) is 2. The third-order valence-electron chi connectivity index (χ3n) is 2.46. The number of allylic oxidation sites excluding steroid dienone is 1. The summed E-state index contributed by atoms with van der Waals surface area (Å²) >= 11 is 0. The minimum absolute atomic E-state index is 0.236. The minimum Gasteiger partial charge on any atom is -0.457 e. The topological polar surface area (TPSA) is 83.8 Å². The molecule has 0 heterocycles. The first-order valence-corrected chi connectivity index (χ1v) is 5.77. The highest BCUT2D eigenvalue weighted by molar-refractivity contribution is 5.82. The van der Waals surface area contributed by atoms with Crippen LogP contribution in [0.3, 0.4) is 0 Å². The summed E-state index contributed by atoms with van der Waals surface area (Å²) < 4.78 is 5.16. The van der Waals surface area contributed by atoms with Gasteiger partial charge in [-0.05, 0) is 38.5 Å². The fraction of sp³-hybridized carbons (Fsp3) is 0.692. The minimum atomic E-state index is -1.83. The van der Waals surface area contributed by atoms with E-state index in [2.05, 4.69) is 13.8 Å². The summed E-state index contributed by atoms with van der Waals surface area (Å²) in [6.45, 7) is 10.0. The summed E-state index contributed by atoms with van der Waals surface area (Å²) in [6, 6.07) is 0. The van der Waals surface area contributed by atoms with Crippen LogP contribution in [0.4, 0.5) is 4.79 Å². The van der Waals surface area contributed by atoms with E-state index in [0.29, 0.717) is 11.3 Å². The largest absolute Gasteiger partial charge is 0.503 e. The van der Waals surface area contributed by atoms with E-state index in [1.165, 1.54) is 6.42 Å². The van der Waals surface area contributed by atoms with Gasteiger partial charge in [-0.3, -0.25) is 0 Å². The standard InChI is InChI=1S/C12H20O2.CH2O3/c1-11(2,3)14-10(13)7-6-9-8-12(9,4)5;2-1(3)4/h6-7,9H,8H2,1-5H3;(H2,2,3,4). The molecule has 0 saturated heterocycles. The lowest BCUT2D eigenvalue weighted by molar-refractivity contribution is -0.148. The molecule has 1 atom stereocenters. The number of rotatable bonds is 2. The predicted molar refractivity (Wildman–Crippen MR) is 67.5 cm³/mol. The van der Waals surface area contributed by atoms with E-state index in [1.54, 1.807) is 6.08 Å². The van der Waals surface area contributed by atoms with Gasteiger partial charge in [0.05, 0.1) is 0 Å². The molecule has 5 nitrogen and oxygen atoms in total. The van der Waals surface area contributed by atoms with Crippen LogP contribution in [0.2, 0.25) is 0 Å². The molecule has 1 saturated carbocycles. The Labute approximate surface area is 107 Å². The average Bonchev–Trinajstić information content (AvgIpc) is 2.66. The van der Waals surface area contributed by atoms with Gasteiger partial charge in [-0.25, -0.2) is 9.59 Å². The molecule has 0 aromatic heterocycles. The van der Waals surface area contributed by atoms with E-state index < -0.39 is 6.16 Å². The predicted octanol–water partition coefficient (Wildman–Crippen LogP) is 3.15. The molecule has 0 aromatic carbocycles. The number of carbonyl (C=O) groups is 2. The Hall–Kier alpha value is -1.52. The maximum absolute atomic E-state index is 11.3. The van der Waals surface area contributed by atoms with Crippen molar-refractivity contribution in [2.45, 2.75) is 46.6 Å². The molecule has 1 unspecified atom stereocenters.